The smallest absolute Gasteiger partial charge is 0.289 e. The second kappa shape index (κ2) is 3.86. The monoisotopic (exact) mass is 165 g/mol. The van der Waals surface area contributed by atoms with Gasteiger partial charge in [-0.25, -0.2) is 0 Å². The topological polar surface area (TPSA) is 9.72 Å². The predicted molar refractivity (Wildman–Crippen MR) is 58.3 cm³/mol. The lowest BCUT2D eigenvalue weighted by Gasteiger charge is -2.44. The van der Waals surface area contributed by atoms with E-state index in [4.69, 9.17) is 0 Å². The highest BCUT2D eigenvalue weighted by molar-refractivity contribution is 6.80. The van der Waals surface area contributed by atoms with Crippen molar-refractivity contribution in [1.82, 2.24) is 14.2 Å². The summed E-state index contributed by atoms with van der Waals surface area (Å²) in [4.78, 5) is 0. The Kier molecular flexibility index (Phi) is 3.26. The fraction of sp³-hybridized carbons (Fsp3) is 1.00. The van der Waals surface area contributed by atoms with Gasteiger partial charge in [-0.1, -0.05) is 13.7 Å². The van der Waals surface area contributed by atoms with E-state index in [1.165, 1.54) is 6.32 Å². The summed E-state index contributed by atoms with van der Waals surface area (Å²) in [5.74, 6) is 0. The molecule has 6 heteroatoms. The first-order valence-electron chi connectivity index (χ1n) is 4.70. The Morgan fingerprint density at radius 3 is 2.25 bits per heavy atom. The molecule has 1 fully saturated rings. The van der Waals surface area contributed by atoms with Crippen molar-refractivity contribution in [1.29, 1.82) is 0 Å². The molecule has 1 rings (SSSR count). The molecule has 0 bridgehead atoms. The zero-order valence-electron chi connectivity index (χ0n) is 8.91. The molecule has 0 aromatic heterocycles. The summed E-state index contributed by atoms with van der Waals surface area (Å²) >= 11 is 0. The molecule has 0 aromatic rings. The first-order valence-corrected chi connectivity index (χ1v) is 4.70. The Bertz CT molecular complexity index is 157. The number of hydrogen-bond acceptors (Lipinski definition) is 3. The molecular formula is C6H18B3N3. The van der Waals surface area contributed by atoms with Crippen LogP contribution in [0.2, 0.25) is 13.1 Å². The molecule has 12 heavy (non-hydrogen) atoms. The molecule has 0 atom stereocenters. The highest BCUT2D eigenvalue weighted by Gasteiger charge is 2.37. The zero-order valence-corrected chi connectivity index (χ0v) is 8.91. The van der Waals surface area contributed by atoms with Crippen molar-refractivity contribution >= 4 is 21.5 Å². The molecule has 66 valence electrons. The maximum absolute atomic E-state index is 2.42. The third-order valence-electron chi connectivity index (χ3n) is 3.02. The van der Waals surface area contributed by atoms with E-state index in [1.54, 1.807) is 0 Å². The second-order valence-electron chi connectivity index (χ2n) is 3.84. The third-order valence-corrected chi connectivity index (χ3v) is 3.02. The van der Waals surface area contributed by atoms with Gasteiger partial charge in [-0.3, -0.25) is 0 Å². The van der Waals surface area contributed by atoms with Crippen molar-refractivity contribution < 1.29 is 0 Å². The van der Waals surface area contributed by atoms with E-state index in [1.807, 2.05) is 0 Å². The largest absolute Gasteiger partial charge is 0.363 e. The van der Waals surface area contributed by atoms with Crippen molar-refractivity contribution in [3.05, 3.63) is 0 Å². The fourth-order valence-electron chi connectivity index (χ4n) is 2.03. The van der Waals surface area contributed by atoms with Crippen LogP contribution in [-0.4, -0.2) is 56.8 Å². The first kappa shape index (κ1) is 10.2. The van der Waals surface area contributed by atoms with Gasteiger partial charge in [-0.2, -0.15) is 0 Å². The van der Waals surface area contributed by atoms with Crippen molar-refractivity contribution in [2.45, 2.75) is 20.1 Å². The Morgan fingerprint density at radius 2 is 1.75 bits per heavy atom. The van der Waals surface area contributed by atoms with Gasteiger partial charge in [0.25, 0.3) is 21.5 Å². The van der Waals surface area contributed by atoms with Gasteiger partial charge >= 0.3 is 0 Å². The van der Waals surface area contributed by atoms with Crippen molar-refractivity contribution in [2.24, 2.45) is 0 Å². The lowest BCUT2D eigenvalue weighted by molar-refractivity contribution is 0.555. The summed E-state index contributed by atoms with van der Waals surface area (Å²) in [5.41, 5.74) is 0. The van der Waals surface area contributed by atoms with E-state index in [0.717, 1.165) is 7.55 Å². The molecule has 0 saturated carbocycles. The van der Waals surface area contributed by atoms with Crippen molar-refractivity contribution in [3.8, 4) is 0 Å². The summed E-state index contributed by atoms with van der Waals surface area (Å²) < 4.78 is 7.16. The predicted octanol–water partition coefficient (Wildman–Crippen LogP) is -0.312. The van der Waals surface area contributed by atoms with Gasteiger partial charge in [0.2, 0.25) is 0 Å². The summed E-state index contributed by atoms with van der Waals surface area (Å²) in [6, 6.07) is 0. The Labute approximate surface area is 77.6 Å². The molecule has 0 spiro atoms. The molecule has 0 N–H and O–H groups in total. The van der Waals surface area contributed by atoms with Crippen LogP contribution < -0.4 is 0 Å². The molecule has 1 aliphatic rings. The number of hydrogen-bond donors (Lipinski definition) is 0. The van der Waals surface area contributed by atoms with Crippen LogP contribution in [0, 0.1) is 0 Å². The number of nitrogens with zero attached hydrogens (tertiary/aromatic N) is 3. The normalized spacial score (nSPS) is 23.1. The number of rotatable bonds is 1. The van der Waals surface area contributed by atoms with Crippen molar-refractivity contribution in [3.63, 3.8) is 0 Å². The highest BCUT2D eigenvalue weighted by atomic mass is 15.3. The molecule has 3 nitrogen and oxygen atoms in total. The molecule has 1 heterocycles. The van der Waals surface area contributed by atoms with E-state index in [2.05, 4.69) is 49.1 Å². The van der Waals surface area contributed by atoms with Crippen LogP contribution in [0.5, 0.6) is 0 Å². The van der Waals surface area contributed by atoms with Crippen LogP contribution in [-0.2, 0) is 0 Å². The minimum absolute atomic E-state index is 0.561. The molecule has 0 amide bonds. The van der Waals surface area contributed by atoms with Gasteiger partial charge in [0.1, 0.15) is 0 Å². The van der Waals surface area contributed by atoms with Gasteiger partial charge in [0.15, 0.2) is 0 Å². The van der Waals surface area contributed by atoms with Crippen LogP contribution >= 0.6 is 0 Å². The lowest BCUT2D eigenvalue weighted by Crippen LogP contribution is -2.68. The lowest BCUT2D eigenvalue weighted by atomic mass is 9.50. The zero-order chi connectivity index (χ0) is 9.30. The first-order chi connectivity index (χ1) is 5.57. The minimum Gasteiger partial charge on any atom is -0.363 e. The van der Waals surface area contributed by atoms with Gasteiger partial charge in [0, 0.05) is 0 Å². The summed E-state index contributed by atoms with van der Waals surface area (Å²) in [7, 11) is 7.63. The summed E-state index contributed by atoms with van der Waals surface area (Å²) in [5, 5.41) is 0. The third kappa shape index (κ3) is 1.70. The highest BCUT2D eigenvalue weighted by Crippen LogP contribution is 2.11. The van der Waals surface area contributed by atoms with Crippen LogP contribution in [0.25, 0.3) is 0 Å². The molecule has 0 aliphatic carbocycles. The van der Waals surface area contributed by atoms with Crippen LogP contribution in [0.1, 0.15) is 6.92 Å². The Morgan fingerprint density at radius 1 is 1.17 bits per heavy atom. The molecule has 1 saturated heterocycles. The molecular weight excluding hydrogens is 147 g/mol. The standard InChI is InChI=1S/C6H18B3N3/c1-6-9-11(4)7-10(3)8(2)12(9)5/h7H,6H2,1-5H3. The molecule has 0 radical (unpaired) electrons. The molecule has 0 unspecified atom stereocenters. The Hall–Kier alpha value is 0.0748. The molecule has 1 aliphatic heterocycles. The van der Waals surface area contributed by atoms with Gasteiger partial charge in [-0.05, 0) is 27.5 Å². The van der Waals surface area contributed by atoms with E-state index in [9.17, 15) is 0 Å². The SMILES string of the molecule is CCB1N(C)BN(C)B(C)N1C. The van der Waals surface area contributed by atoms with Gasteiger partial charge in [0.05, 0.1) is 0 Å². The fourth-order valence-corrected chi connectivity index (χ4v) is 2.03. The van der Waals surface area contributed by atoms with E-state index in [-0.39, 0.29) is 0 Å². The van der Waals surface area contributed by atoms with Gasteiger partial charge < -0.3 is 14.2 Å². The van der Waals surface area contributed by atoms with E-state index >= 15 is 0 Å². The minimum atomic E-state index is 0.561. The average Bonchev–Trinajstić information content (AvgIpc) is 2.01. The summed E-state index contributed by atoms with van der Waals surface area (Å²) in [6.07, 6.45) is 1.20. The molecule has 0 aromatic carbocycles. The second-order valence-corrected chi connectivity index (χ2v) is 3.84. The summed E-state index contributed by atoms with van der Waals surface area (Å²) in [6.45, 7) is 5.67. The van der Waals surface area contributed by atoms with Crippen molar-refractivity contribution in [2.75, 3.05) is 21.1 Å². The van der Waals surface area contributed by atoms with Crippen LogP contribution in [0.3, 0.4) is 0 Å². The maximum Gasteiger partial charge on any atom is 0.289 e. The van der Waals surface area contributed by atoms with Crippen LogP contribution in [0.4, 0.5) is 0 Å². The quantitative estimate of drug-likeness (QED) is 0.493. The van der Waals surface area contributed by atoms with Gasteiger partial charge in [-0.15, -0.1) is 0 Å². The van der Waals surface area contributed by atoms with Crippen LogP contribution in [0.15, 0.2) is 0 Å². The maximum atomic E-state index is 2.42. The van der Waals surface area contributed by atoms with E-state index < -0.39 is 0 Å². The van der Waals surface area contributed by atoms with E-state index in [0.29, 0.717) is 14.0 Å². The Balaban J connectivity index is 2.65. The average molecular weight is 165 g/mol.